The number of nitrogens with one attached hydrogen (secondary N) is 1. The second-order valence-corrected chi connectivity index (χ2v) is 2.43. The Morgan fingerprint density at radius 2 is 2.50 bits per heavy atom. The zero-order chi connectivity index (χ0) is 10.6. The van der Waals surface area contributed by atoms with E-state index in [1.54, 1.807) is 0 Å². The zero-order valence-electron chi connectivity index (χ0n) is 7.08. The summed E-state index contributed by atoms with van der Waals surface area (Å²) in [6.45, 7) is 0.425. The van der Waals surface area contributed by atoms with Gasteiger partial charge in [0.25, 0.3) is 0 Å². The summed E-state index contributed by atoms with van der Waals surface area (Å²) in [5.41, 5.74) is 0. The van der Waals surface area contributed by atoms with Gasteiger partial charge in [-0.3, -0.25) is 0 Å². The van der Waals surface area contributed by atoms with Crippen molar-refractivity contribution in [3.63, 3.8) is 0 Å². The molecule has 1 aromatic heterocycles. The highest BCUT2D eigenvalue weighted by atomic mass is 16.6. The van der Waals surface area contributed by atoms with Crippen LogP contribution in [-0.4, -0.2) is 32.4 Å². The topological polar surface area (TPSA) is 110 Å². The molecule has 0 saturated carbocycles. The first kappa shape index (κ1) is 9.96. The largest absolute Gasteiger partial charge is 0.465 e. The van der Waals surface area contributed by atoms with Gasteiger partial charge in [-0.25, -0.2) is 4.79 Å². The Kier molecular flexibility index (Phi) is 3.00. The number of carbonyl (C=O) groups is 1. The monoisotopic (exact) mass is 200 g/mol. The maximum atomic E-state index is 10.2. The van der Waals surface area contributed by atoms with Crippen LogP contribution in [0.25, 0.3) is 0 Å². The lowest BCUT2D eigenvalue weighted by Gasteiger charge is -1.96. The van der Waals surface area contributed by atoms with Crippen molar-refractivity contribution in [1.29, 1.82) is 0 Å². The third-order valence-electron chi connectivity index (χ3n) is 1.43. The van der Waals surface area contributed by atoms with Crippen LogP contribution in [0.15, 0.2) is 12.3 Å². The molecule has 0 aromatic carbocycles. The van der Waals surface area contributed by atoms with Crippen LogP contribution in [0.4, 0.5) is 10.6 Å². The molecule has 0 unspecified atom stereocenters. The van der Waals surface area contributed by atoms with E-state index in [0.717, 1.165) is 0 Å². The Balaban J connectivity index is 2.44. The van der Waals surface area contributed by atoms with E-state index in [-0.39, 0.29) is 18.9 Å². The molecule has 0 aliphatic heterocycles. The molecule has 0 radical (unpaired) electrons. The normalized spacial score (nSPS) is 9.71. The number of aromatic nitrogens is 2. The Bertz CT molecular complexity index is 347. The number of carboxylic acid groups (broad SMARTS) is 1. The molecule has 0 spiro atoms. The molecule has 1 rings (SSSR count). The molecule has 0 aliphatic rings. The molecule has 14 heavy (non-hydrogen) atoms. The maximum absolute atomic E-state index is 10.2. The number of nitro groups is 1. The van der Waals surface area contributed by atoms with Crippen molar-refractivity contribution in [2.75, 3.05) is 6.54 Å². The van der Waals surface area contributed by atoms with E-state index in [9.17, 15) is 14.9 Å². The highest BCUT2D eigenvalue weighted by Gasteiger charge is 2.09. The van der Waals surface area contributed by atoms with Gasteiger partial charge >= 0.3 is 11.9 Å². The Labute approximate surface area is 78.3 Å². The number of nitrogens with zero attached hydrogens (tertiary/aromatic N) is 3. The average molecular weight is 200 g/mol. The van der Waals surface area contributed by atoms with Gasteiger partial charge < -0.3 is 20.5 Å². The molecule has 2 N–H and O–H groups in total. The number of amides is 1. The Morgan fingerprint density at radius 1 is 1.79 bits per heavy atom. The summed E-state index contributed by atoms with van der Waals surface area (Å²) < 4.78 is 1.30. The van der Waals surface area contributed by atoms with Crippen LogP contribution >= 0.6 is 0 Å². The third kappa shape index (κ3) is 2.73. The summed E-state index contributed by atoms with van der Waals surface area (Å²) in [5, 5.41) is 24.2. The van der Waals surface area contributed by atoms with Crippen molar-refractivity contribution in [2.45, 2.75) is 6.54 Å². The second-order valence-electron chi connectivity index (χ2n) is 2.43. The minimum absolute atomic E-state index is 0.161. The van der Waals surface area contributed by atoms with E-state index < -0.39 is 11.0 Å². The van der Waals surface area contributed by atoms with Crippen molar-refractivity contribution >= 4 is 11.9 Å². The number of hydrogen-bond donors (Lipinski definition) is 2. The molecule has 0 aliphatic carbocycles. The van der Waals surface area contributed by atoms with E-state index >= 15 is 0 Å². The van der Waals surface area contributed by atoms with Gasteiger partial charge in [-0.2, -0.15) is 4.68 Å². The summed E-state index contributed by atoms with van der Waals surface area (Å²) in [4.78, 5) is 19.7. The predicted molar refractivity (Wildman–Crippen MR) is 44.9 cm³/mol. The van der Waals surface area contributed by atoms with Gasteiger partial charge in [0.1, 0.15) is 0 Å². The predicted octanol–water partition coefficient (Wildman–Crippen LogP) is 0.0589. The fourth-order valence-electron chi connectivity index (χ4n) is 0.850. The molecule has 1 heterocycles. The van der Waals surface area contributed by atoms with Crippen LogP contribution in [-0.2, 0) is 6.54 Å². The van der Waals surface area contributed by atoms with E-state index in [0.29, 0.717) is 0 Å². The van der Waals surface area contributed by atoms with Crippen LogP contribution in [0.2, 0.25) is 0 Å². The Morgan fingerprint density at radius 3 is 3.00 bits per heavy atom. The quantitative estimate of drug-likeness (QED) is 0.527. The molecular weight excluding hydrogens is 192 g/mol. The van der Waals surface area contributed by atoms with Crippen molar-refractivity contribution in [3.05, 3.63) is 22.4 Å². The molecule has 0 bridgehead atoms. The zero-order valence-corrected chi connectivity index (χ0v) is 7.08. The lowest BCUT2D eigenvalue weighted by molar-refractivity contribution is -0.389. The van der Waals surface area contributed by atoms with Crippen LogP contribution in [0.3, 0.4) is 0 Å². The summed E-state index contributed by atoms with van der Waals surface area (Å²) >= 11 is 0. The molecule has 1 amide bonds. The SMILES string of the molecule is O=C(O)NCCn1ccc([N+](=O)[O-])n1. The molecule has 0 atom stereocenters. The lowest BCUT2D eigenvalue weighted by Crippen LogP contribution is -2.25. The smallest absolute Gasteiger partial charge is 0.404 e. The van der Waals surface area contributed by atoms with E-state index in [2.05, 4.69) is 10.4 Å². The fraction of sp³-hybridized carbons (Fsp3) is 0.333. The van der Waals surface area contributed by atoms with Gasteiger partial charge in [0, 0.05) is 6.54 Å². The second kappa shape index (κ2) is 4.21. The van der Waals surface area contributed by atoms with Gasteiger partial charge in [-0.1, -0.05) is 0 Å². The first-order chi connectivity index (χ1) is 6.59. The molecule has 0 fully saturated rings. The molecule has 76 valence electrons. The van der Waals surface area contributed by atoms with Gasteiger partial charge in [0.2, 0.25) is 0 Å². The van der Waals surface area contributed by atoms with Crippen LogP contribution in [0, 0.1) is 10.1 Å². The first-order valence-corrected chi connectivity index (χ1v) is 3.74. The molecule has 0 saturated heterocycles. The number of rotatable bonds is 4. The van der Waals surface area contributed by atoms with Crippen molar-refractivity contribution in [2.24, 2.45) is 0 Å². The van der Waals surface area contributed by atoms with Crippen LogP contribution in [0.5, 0.6) is 0 Å². The summed E-state index contributed by atoms with van der Waals surface area (Å²) in [6, 6.07) is 1.25. The van der Waals surface area contributed by atoms with E-state index in [1.807, 2.05) is 0 Å². The molecule has 8 heteroatoms. The minimum atomic E-state index is -1.13. The lowest BCUT2D eigenvalue weighted by atomic mass is 10.6. The van der Waals surface area contributed by atoms with Crippen molar-refractivity contribution in [3.8, 4) is 0 Å². The highest BCUT2D eigenvalue weighted by Crippen LogP contribution is 2.04. The Hall–Kier alpha value is -2.12. The maximum Gasteiger partial charge on any atom is 0.404 e. The average Bonchev–Trinajstić information content (AvgIpc) is 2.52. The third-order valence-corrected chi connectivity index (χ3v) is 1.43. The van der Waals surface area contributed by atoms with Gasteiger partial charge in [-0.15, -0.1) is 0 Å². The summed E-state index contributed by atoms with van der Waals surface area (Å²) in [7, 11) is 0. The molecule has 1 aromatic rings. The van der Waals surface area contributed by atoms with E-state index in [4.69, 9.17) is 5.11 Å². The molecule has 8 nitrogen and oxygen atoms in total. The minimum Gasteiger partial charge on any atom is -0.465 e. The standard InChI is InChI=1S/C6H8N4O4/c11-6(12)7-2-4-9-3-1-5(8-9)10(13)14/h1,3,7H,2,4H2,(H,11,12). The van der Waals surface area contributed by atoms with Gasteiger partial charge in [0.15, 0.2) is 0 Å². The van der Waals surface area contributed by atoms with Crippen molar-refractivity contribution < 1.29 is 14.8 Å². The van der Waals surface area contributed by atoms with Gasteiger partial charge in [-0.05, 0) is 4.92 Å². The van der Waals surface area contributed by atoms with Crippen LogP contribution in [0.1, 0.15) is 0 Å². The summed E-state index contributed by atoms with van der Waals surface area (Å²) in [5.74, 6) is -0.250. The first-order valence-electron chi connectivity index (χ1n) is 3.74. The van der Waals surface area contributed by atoms with Crippen LogP contribution < -0.4 is 5.32 Å². The van der Waals surface area contributed by atoms with Crippen molar-refractivity contribution in [1.82, 2.24) is 15.1 Å². The summed E-state index contributed by atoms with van der Waals surface area (Å²) in [6.07, 6.45) is 0.286. The fourth-order valence-corrected chi connectivity index (χ4v) is 0.850. The molecular formula is C6H8N4O4. The number of hydrogen-bond acceptors (Lipinski definition) is 4. The van der Waals surface area contributed by atoms with E-state index in [1.165, 1.54) is 16.9 Å². The van der Waals surface area contributed by atoms with Gasteiger partial charge in [0.05, 0.1) is 23.9 Å². The highest BCUT2D eigenvalue weighted by molar-refractivity contribution is 5.64.